The third-order valence-electron chi connectivity index (χ3n) is 5.81. The van der Waals surface area contributed by atoms with E-state index in [-0.39, 0.29) is 34.6 Å². The molecular weight excluding hydrogens is 448 g/mol. The van der Waals surface area contributed by atoms with Crippen molar-refractivity contribution in [1.29, 1.82) is 0 Å². The number of aromatic carboxylic acids is 2. The van der Waals surface area contributed by atoms with Gasteiger partial charge in [0.1, 0.15) is 11.4 Å². The van der Waals surface area contributed by atoms with Crippen LogP contribution in [0.3, 0.4) is 0 Å². The van der Waals surface area contributed by atoms with Crippen LogP contribution in [-0.2, 0) is 0 Å². The lowest BCUT2D eigenvalue weighted by molar-refractivity contribution is -0.384. The molecule has 2 fully saturated rings. The molecule has 0 amide bonds. The lowest BCUT2D eigenvalue weighted by atomic mass is 9.93. The van der Waals surface area contributed by atoms with Gasteiger partial charge in [-0.25, -0.2) is 9.59 Å². The molecule has 0 saturated heterocycles. The molecule has 2 aromatic rings. The van der Waals surface area contributed by atoms with E-state index in [0.717, 1.165) is 50.7 Å². The largest absolute Gasteiger partial charge is 0.478 e. The highest BCUT2D eigenvalue weighted by Crippen LogP contribution is 2.31. The number of rotatable bonds is 8. The number of carboxylic acids is 2. The fourth-order valence-electron chi connectivity index (χ4n) is 3.42. The molecular formula is C22H24N4O8. The lowest BCUT2D eigenvalue weighted by Crippen LogP contribution is -2.27. The van der Waals surface area contributed by atoms with E-state index in [1.807, 2.05) is 0 Å². The fraction of sp³-hybridized carbons (Fsp3) is 0.364. The average molecular weight is 472 g/mol. The molecule has 0 aromatic heterocycles. The first-order chi connectivity index (χ1) is 16.2. The van der Waals surface area contributed by atoms with Gasteiger partial charge < -0.3 is 20.8 Å². The van der Waals surface area contributed by atoms with Crippen LogP contribution in [0.2, 0.25) is 0 Å². The zero-order chi connectivity index (χ0) is 24.8. The summed E-state index contributed by atoms with van der Waals surface area (Å²) < 4.78 is 0. The number of nitrogens with one attached hydrogen (secondary N) is 2. The third kappa shape index (κ3) is 5.97. The van der Waals surface area contributed by atoms with Gasteiger partial charge in [0, 0.05) is 24.2 Å². The van der Waals surface area contributed by atoms with Crippen LogP contribution in [0, 0.1) is 20.2 Å². The topological polar surface area (TPSA) is 185 Å². The zero-order valence-electron chi connectivity index (χ0n) is 18.1. The number of hydrogen-bond donors (Lipinski definition) is 4. The fourth-order valence-corrected chi connectivity index (χ4v) is 3.42. The highest BCUT2D eigenvalue weighted by Gasteiger charge is 2.24. The molecule has 2 aliphatic carbocycles. The minimum atomic E-state index is -1.16. The van der Waals surface area contributed by atoms with Crippen LogP contribution in [0.1, 0.15) is 59.2 Å². The van der Waals surface area contributed by atoms with Crippen LogP contribution in [0.5, 0.6) is 0 Å². The van der Waals surface area contributed by atoms with Crippen LogP contribution in [0.4, 0.5) is 22.7 Å². The minimum absolute atomic E-state index is 0.0733. The number of nitro benzene ring substituents is 2. The van der Waals surface area contributed by atoms with Crippen LogP contribution in [0.15, 0.2) is 36.4 Å². The Kier molecular flexibility index (Phi) is 7.61. The van der Waals surface area contributed by atoms with Gasteiger partial charge in [-0.15, -0.1) is 0 Å². The first kappa shape index (κ1) is 24.4. The van der Waals surface area contributed by atoms with E-state index in [4.69, 9.17) is 10.2 Å². The predicted molar refractivity (Wildman–Crippen MR) is 123 cm³/mol. The minimum Gasteiger partial charge on any atom is -0.478 e. The summed E-state index contributed by atoms with van der Waals surface area (Å²) in [5.41, 5.74) is 0.273. The number of carbonyl (C=O) groups is 2. The standard InChI is InChI=1S/2C11H12N2O4/c2*14-11(15)7-4-5-9(10(6-7)13(16)17)12-8-2-1-3-8/h2*4-6,8,12H,1-3H2,(H,14,15). The van der Waals surface area contributed by atoms with Crippen LogP contribution >= 0.6 is 0 Å². The third-order valence-corrected chi connectivity index (χ3v) is 5.81. The van der Waals surface area contributed by atoms with Crippen molar-refractivity contribution >= 4 is 34.7 Å². The van der Waals surface area contributed by atoms with E-state index >= 15 is 0 Å². The smallest absolute Gasteiger partial charge is 0.335 e. The van der Waals surface area contributed by atoms with Crippen molar-refractivity contribution in [2.24, 2.45) is 0 Å². The Morgan fingerprint density at radius 1 is 0.735 bits per heavy atom. The summed E-state index contributed by atoms with van der Waals surface area (Å²) in [5, 5.41) is 45.4. The molecule has 2 aromatic carbocycles. The molecule has 2 saturated carbocycles. The van der Waals surface area contributed by atoms with Gasteiger partial charge in [-0.2, -0.15) is 0 Å². The van der Waals surface area contributed by atoms with E-state index in [0.29, 0.717) is 11.4 Å². The van der Waals surface area contributed by atoms with Gasteiger partial charge in [0.2, 0.25) is 0 Å². The number of nitrogens with zero attached hydrogens (tertiary/aromatic N) is 2. The summed E-state index contributed by atoms with van der Waals surface area (Å²) in [6.07, 6.45) is 6.24. The summed E-state index contributed by atoms with van der Waals surface area (Å²) in [6.45, 7) is 0. The first-order valence-electron chi connectivity index (χ1n) is 10.7. The number of hydrogen-bond acceptors (Lipinski definition) is 8. The van der Waals surface area contributed by atoms with Gasteiger partial charge in [0.15, 0.2) is 0 Å². The monoisotopic (exact) mass is 472 g/mol. The molecule has 0 unspecified atom stereocenters. The molecule has 12 heteroatoms. The maximum absolute atomic E-state index is 10.9. The highest BCUT2D eigenvalue weighted by atomic mass is 16.6. The molecule has 180 valence electrons. The molecule has 0 heterocycles. The predicted octanol–water partition coefficient (Wildman–Crippen LogP) is 4.51. The number of anilines is 2. The molecule has 4 N–H and O–H groups in total. The second-order valence-corrected chi connectivity index (χ2v) is 8.13. The van der Waals surface area contributed by atoms with Crippen molar-refractivity contribution in [3.8, 4) is 0 Å². The SMILES string of the molecule is O=C(O)c1ccc(NC2CCC2)c([N+](=O)[O-])c1.O=C(O)c1ccc(NC2CCC2)c([N+](=O)[O-])c1. The Labute approximate surface area is 193 Å². The Morgan fingerprint density at radius 2 is 1.09 bits per heavy atom. The number of carboxylic acid groups (broad SMARTS) is 2. The van der Waals surface area contributed by atoms with Gasteiger partial charge in [-0.1, -0.05) is 0 Å². The normalized spacial score (nSPS) is 15.1. The Hall–Kier alpha value is -4.22. The molecule has 0 radical (unpaired) electrons. The van der Waals surface area contributed by atoms with Gasteiger partial charge in [-0.3, -0.25) is 20.2 Å². The molecule has 34 heavy (non-hydrogen) atoms. The van der Waals surface area contributed by atoms with E-state index in [1.165, 1.54) is 24.3 Å². The van der Waals surface area contributed by atoms with Crippen molar-refractivity contribution < 1.29 is 29.6 Å². The van der Waals surface area contributed by atoms with Gasteiger partial charge in [0.05, 0.1) is 21.0 Å². The average Bonchev–Trinajstić information content (AvgIpc) is 2.73. The van der Waals surface area contributed by atoms with Gasteiger partial charge in [0.25, 0.3) is 11.4 Å². The molecule has 0 bridgehead atoms. The van der Waals surface area contributed by atoms with Crippen LogP contribution in [-0.4, -0.2) is 44.1 Å². The van der Waals surface area contributed by atoms with Gasteiger partial charge in [-0.05, 0) is 62.8 Å². The van der Waals surface area contributed by atoms with Crippen molar-refractivity contribution in [3.63, 3.8) is 0 Å². The summed E-state index contributed by atoms with van der Waals surface area (Å²) in [7, 11) is 0. The molecule has 4 rings (SSSR count). The van der Waals surface area contributed by atoms with E-state index in [2.05, 4.69) is 10.6 Å². The number of benzene rings is 2. The Bertz CT molecular complexity index is 1020. The summed E-state index contributed by atoms with van der Waals surface area (Å²) in [5.74, 6) is -2.33. The molecule has 2 aliphatic rings. The summed E-state index contributed by atoms with van der Waals surface area (Å²) >= 11 is 0. The van der Waals surface area contributed by atoms with E-state index in [9.17, 15) is 29.8 Å². The highest BCUT2D eigenvalue weighted by molar-refractivity contribution is 5.90. The lowest BCUT2D eigenvalue weighted by Gasteiger charge is -2.27. The second-order valence-electron chi connectivity index (χ2n) is 8.13. The van der Waals surface area contributed by atoms with Crippen molar-refractivity contribution in [2.45, 2.75) is 50.6 Å². The van der Waals surface area contributed by atoms with E-state index < -0.39 is 21.8 Å². The Morgan fingerprint density at radius 3 is 1.32 bits per heavy atom. The molecule has 12 nitrogen and oxygen atoms in total. The maximum Gasteiger partial charge on any atom is 0.335 e. The van der Waals surface area contributed by atoms with E-state index in [1.54, 1.807) is 0 Å². The first-order valence-corrected chi connectivity index (χ1v) is 10.7. The molecule has 0 aliphatic heterocycles. The van der Waals surface area contributed by atoms with Crippen molar-refractivity contribution in [2.75, 3.05) is 10.6 Å². The van der Waals surface area contributed by atoms with Crippen LogP contribution < -0.4 is 10.6 Å². The van der Waals surface area contributed by atoms with Gasteiger partial charge >= 0.3 is 11.9 Å². The zero-order valence-corrected chi connectivity index (χ0v) is 18.1. The summed E-state index contributed by atoms with van der Waals surface area (Å²) in [6, 6.07) is 8.37. The Balaban J connectivity index is 0.000000191. The van der Waals surface area contributed by atoms with Crippen molar-refractivity contribution in [3.05, 3.63) is 67.8 Å². The molecule has 0 spiro atoms. The number of nitro groups is 2. The van der Waals surface area contributed by atoms with Crippen LogP contribution in [0.25, 0.3) is 0 Å². The quantitative estimate of drug-likeness (QED) is 0.314. The molecule has 0 atom stereocenters. The summed E-state index contributed by atoms with van der Waals surface area (Å²) in [4.78, 5) is 42.1. The van der Waals surface area contributed by atoms with Crippen molar-refractivity contribution in [1.82, 2.24) is 0 Å². The maximum atomic E-state index is 10.9. The second kappa shape index (κ2) is 10.6.